The number of rotatable bonds is 2. The molecule has 1 aliphatic rings. The summed E-state index contributed by atoms with van der Waals surface area (Å²) in [6.45, 7) is 10.8. The molecule has 88 valence electrons. The van der Waals surface area contributed by atoms with Crippen LogP contribution < -0.4 is 0 Å². The first-order valence-corrected chi connectivity index (χ1v) is 6.22. The van der Waals surface area contributed by atoms with Crippen LogP contribution in [0.5, 0.6) is 0 Å². The van der Waals surface area contributed by atoms with E-state index in [2.05, 4.69) is 32.6 Å². The lowest BCUT2D eigenvalue weighted by Gasteiger charge is -2.30. The van der Waals surface area contributed by atoms with Crippen LogP contribution in [0.25, 0.3) is 0 Å². The monoisotopic (exact) mass is 211 g/mol. The molecule has 0 aliphatic carbocycles. The minimum Gasteiger partial charge on any atom is -0.342 e. The molecule has 0 N–H and O–H groups in total. The molecular formula is C13H25NO. The second kappa shape index (κ2) is 5.00. The summed E-state index contributed by atoms with van der Waals surface area (Å²) in [6, 6.07) is 0. The molecule has 15 heavy (non-hydrogen) atoms. The third-order valence-electron chi connectivity index (χ3n) is 3.23. The summed E-state index contributed by atoms with van der Waals surface area (Å²) in [5, 5.41) is 0. The third-order valence-corrected chi connectivity index (χ3v) is 3.23. The lowest BCUT2D eigenvalue weighted by atomic mass is 9.83. The van der Waals surface area contributed by atoms with Crippen molar-refractivity contribution in [2.45, 2.75) is 53.4 Å². The zero-order chi connectivity index (χ0) is 11.5. The van der Waals surface area contributed by atoms with Crippen molar-refractivity contribution in [2.75, 3.05) is 13.1 Å². The number of hydrogen-bond acceptors (Lipinski definition) is 1. The molecule has 0 saturated carbocycles. The van der Waals surface area contributed by atoms with Crippen LogP contribution in [0.1, 0.15) is 53.4 Å². The molecule has 1 saturated heterocycles. The van der Waals surface area contributed by atoms with Crippen molar-refractivity contribution in [3.05, 3.63) is 0 Å². The van der Waals surface area contributed by atoms with Crippen molar-refractivity contribution in [3.63, 3.8) is 0 Å². The largest absolute Gasteiger partial charge is 0.342 e. The van der Waals surface area contributed by atoms with Crippen LogP contribution in [0.4, 0.5) is 0 Å². The van der Waals surface area contributed by atoms with Gasteiger partial charge in [-0.1, -0.05) is 27.7 Å². The number of nitrogens with zero attached hydrogens (tertiary/aromatic N) is 1. The zero-order valence-corrected chi connectivity index (χ0v) is 10.7. The van der Waals surface area contributed by atoms with Gasteiger partial charge in [0.05, 0.1) is 0 Å². The SMILES string of the molecule is CCCC(=O)N1CCC(C)CC(C)(C)C1. The van der Waals surface area contributed by atoms with Gasteiger partial charge in [0.2, 0.25) is 5.91 Å². The van der Waals surface area contributed by atoms with Gasteiger partial charge in [0.15, 0.2) is 0 Å². The Labute approximate surface area is 94.0 Å². The predicted molar refractivity (Wildman–Crippen MR) is 63.7 cm³/mol. The first-order chi connectivity index (χ1) is 6.94. The second-order valence-corrected chi connectivity index (χ2v) is 5.83. The highest BCUT2D eigenvalue weighted by atomic mass is 16.2. The van der Waals surface area contributed by atoms with Gasteiger partial charge in [-0.25, -0.2) is 0 Å². The molecule has 2 heteroatoms. The molecule has 1 heterocycles. The van der Waals surface area contributed by atoms with Crippen molar-refractivity contribution in [2.24, 2.45) is 11.3 Å². The molecule has 0 spiro atoms. The van der Waals surface area contributed by atoms with Crippen LogP contribution in [-0.4, -0.2) is 23.9 Å². The normalized spacial score (nSPS) is 26.1. The highest BCUT2D eigenvalue weighted by molar-refractivity contribution is 5.76. The van der Waals surface area contributed by atoms with Gasteiger partial charge in [-0.2, -0.15) is 0 Å². The van der Waals surface area contributed by atoms with Gasteiger partial charge >= 0.3 is 0 Å². The van der Waals surface area contributed by atoms with Crippen LogP contribution >= 0.6 is 0 Å². The molecule has 2 nitrogen and oxygen atoms in total. The summed E-state index contributed by atoms with van der Waals surface area (Å²) < 4.78 is 0. The average molecular weight is 211 g/mol. The van der Waals surface area contributed by atoms with Crippen LogP contribution in [-0.2, 0) is 4.79 Å². The van der Waals surface area contributed by atoms with E-state index in [1.807, 2.05) is 0 Å². The molecule has 0 aromatic rings. The van der Waals surface area contributed by atoms with Gasteiger partial charge in [-0.05, 0) is 30.6 Å². The molecule has 1 unspecified atom stereocenters. The van der Waals surface area contributed by atoms with Crippen LogP contribution in [0.2, 0.25) is 0 Å². The molecule has 0 radical (unpaired) electrons. The molecule has 1 fully saturated rings. The van der Waals surface area contributed by atoms with E-state index in [0.29, 0.717) is 17.7 Å². The lowest BCUT2D eigenvalue weighted by molar-refractivity contribution is -0.132. The van der Waals surface area contributed by atoms with Crippen LogP contribution in [0.3, 0.4) is 0 Å². The maximum Gasteiger partial charge on any atom is 0.222 e. The Morgan fingerprint density at radius 3 is 2.73 bits per heavy atom. The Kier molecular flexibility index (Phi) is 4.18. The smallest absolute Gasteiger partial charge is 0.222 e. The maximum absolute atomic E-state index is 11.9. The fraction of sp³-hybridized carbons (Fsp3) is 0.923. The predicted octanol–water partition coefficient (Wildman–Crippen LogP) is 3.07. The minimum atomic E-state index is 0.291. The Balaban J connectivity index is 2.62. The summed E-state index contributed by atoms with van der Waals surface area (Å²) in [6.07, 6.45) is 4.08. The van der Waals surface area contributed by atoms with E-state index < -0.39 is 0 Å². The number of carbonyl (C=O) groups excluding carboxylic acids is 1. The van der Waals surface area contributed by atoms with Crippen molar-refractivity contribution in [1.82, 2.24) is 4.90 Å². The second-order valence-electron chi connectivity index (χ2n) is 5.83. The molecule has 1 amide bonds. The number of hydrogen-bond donors (Lipinski definition) is 0. The van der Waals surface area contributed by atoms with Gasteiger partial charge in [0.25, 0.3) is 0 Å². The maximum atomic E-state index is 11.9. The topological polar surface area (TPSA) is 20.3 Å². The quantitative estimate of drug-likeness (QED) is 0.687. The van der Waals surface area contributed by atoms with E-state index in [4.69, 9.17) is 0 Å². The Morgan fingerprint density at radius 1 is 1.47 bits per heavy atom. The molecule has 1 aliphatic heterocycles. The summed E-state index contributed by atoms with van der Waals surface area (Å²) in [5.41, 5.74) is 0.291. The molecular weight excluding hydrogens is 186 g/mol. The molecule has 0 bridgehead atoms. The molecule has 0 aromatic heterocycles. The van der Waals surface area contributed by atoms with Gasteiger partial charge in [-0.15, -0.1) is 0 Å². The van der Waals surface area contributed by atoms with Gasteiger partial charge in [0.1, 0.15) is 0 Å². The first kappa shape index (κ1) is 12.5. The van der Waals surface area contributed by atoms with Gasteiger partial charge < -0.3 is 4.90 Å². The number of likely N-dealkylation sites (tertiary alicyclic amines) is 1. The van der Waals surface area contributed by atoms with Crippen molar-refractivity contribution >= 4 is 5.91 Å². The molecule has 0 aromatic carbocycles. The number of amides is 1. The van der Waals surface area contributed by atoms with E-state index in [1.54, 1.807) is 0 Å². The van der Waals surface area contributed by atoms with E-state index in [0.717, 1.165) is 25.4 Å². The van der Waals surface area contributed by atoms with Crippen LogP contribution in [0, 0.1) is 11.3 Å². The third kappa shape index (κ3) is 3.84. The minimum absolute atomic E-state index is 0.291. The Morgan fingerprint density at radius 2 is 2.13 bits per heavy atom. The van der Waals surface area contributed by atoms with Gasteiger partial charge in [-0.3, -0.25) is 4.79 Å². The molecule has 1 rings (SSSR count). The highest BCUT2D eigenvalue weighted by Gasteiger charge is 2.29. The van der Waals surface area contributed by atoms with E-state index in [1.165, 1.54) is 12.8 Å². The molecule has 1 atom stereocenters. The summed E-state index contributed by atoms with van der Waals surface area (Å²) in [7, 11) is 0. The average Bonchev–Trinajstić information content (AvgIpc) is 2.23. The summed E-state index contributed by atoms with van der Waals surface area (Å²) in [4.78, 5) is 13.9. The van der Waals surface area contributed by atoms with E-state index in [9.17, 15) is 4.79 Å². The standard InChI is InChI=1S/C13H25NO/c1-5-6-12(15)14-8-7-11(2)9-13(3,4)10-14/h11H,5-10H2,1-4H3. The Hall–Kier alpha value is -0.530. The lowest BCUT2D eigenvalue weighted by Crippen LogP contribution is -2.37. The summed E-state index contributed by atoms with van der Waals surface area (Å²) in [5.74, 6) is 1.10. The first-order valence-electron chi connectivity index (χ1n) is 6.22. The summed E-state index contributed by atoms with van der Waals surface area (Å²) >= 11 is 0. The Bertz CT molecular complexity index is 223. The highest BCUT2D eigenvalue weighted by Crippen LogP contribution is 2.31. The van der Waals surface area contributed by atoms with Crippen molar-refractivity contribution < 1.29 is 4.79 Å². The zero-order valence-electron chi connectivity index (χ0n) is 10.7. The van der Waals surface area contributed by atoms with E-state index >= 15 is 0 Å². The van der Waals surface area contributed by atoms with Gasteiger partial charge in [0, 0.05) is 19.5 Å². The van der Waals surface area contributed by atoms with E-state index in [-0.39, 0.29) is 0 Å². The fourth-order valence-corrected chi connectivity index (χ4v) is 2.67. The van der Waals surface area contributed by atoms with Crippen LogP contribution in [0.15, 0.2) is 0 Å². The van der Waals surface area contributed by atoms with Crippen molar-refractivity contribution in [1.29, 1.82) is 0 Å². The number of carbonyl (C=O) groups is 1. The van der Waals surface area contributed by atoms with Crippen molar-refractivity contribution in [3.8, 4) is 0 Å². The fourth-order valence-electron chi connectivity index (χ4n) is 2.67.